The fourth-order valence-corrected chi connectivity index (χ4v) is 3.79. The summed E-state index contributed by atoms with van der Waals surface area (Å²) in [5, 5.41) is 13.6. The van der Waals surface area contributed by atoms with Crippen molar-refractivity contribution >= 4 is 17.3 Å². The first-order valence-electron chi connectivity index (χ1n) is 10.9. The number of halogens is 3. The monoisotopic (exact) mass is 469 g/mol. The fraction of sp³-hybridized carbons (Fsp3) is 0.304. The van der Waals surface area contributed by atoms with Crippen molar-refractivity contribution in [2.75, 3.05) is 16.9 Å². The van der Waals surface area contributed by atoms with E-state index in [2.05, 4.69) is 32.0 Å². The first-order valence-corrected chi connectivity index (χ1v) is 10.9. The summed E-state index contributed by atoms with van der Waals surface area (Å²) in [6.45, 7) is 1.67. The number of benzene rings is 1. The standard InChI is InChI=1S/C23H22F3N7O/c1-14(23(24,25)26)33-13-29-31-21(33)16-3-2-4-17(9-16)30-22(34)19-10-18(7-8-27-19)32-11-20(28-12-32)15-5-6-15/h2-4,7-11,13-15,28H,5-6,12H2,1H3,(H,30,34)/t14-/m0/s1. The number of rotatable bonds is 6. The second-order valence-electron chi connectivity index (χ2n) is 8.38. The summed E-state index contributed by atoms with van der Waals surface area (Å²) in [6.07, 6.45) is 2.63. The molecular weight excluding hydrogens is 447 g/mol. The van der Waals surface area contributed by atoms with Crippen molar-refractivity contribution in [2.24, 2.45) is 5.92 Å². The van der Waals surface area contributed by atoms with Crippen LogP contribution >= 0.6 is 0 Å². The van der Waals surface area contributed by atoms with Crippen molar-refractivity contribution in [1.82, 2.24) is 25.1 Å². The molecule has 11 heteroatoms. The third kappa shape index (κ3) is 4.45. The summed E-state index contributed by atoms with van der Waals surface area (Å²) in [7, 11) is 0. The van der Waals surface area contributed by atoms with Crippen LogP contribution in [0.4, 0.5) is 24.5 Å². The van der Waals surface area contributed by atoms with Gasteiger partial charge in [-0.15, -0.1) is 10.2 Å². The number of hydrogen-bond acceptors (Lipinski definition) is 6. The largest absolute Gasteiger partial charge is 0.408 e. The van der Waals surface area contributed by atoms with E-state index in [-0.39, 0.29) is 11.5 Å². The molecule has 2 aromatic heterocycles. The van der Waals surface area contributed by atoms with Crippen molar-refractivity contribution in [3.63, 3.8) is 0 Å². The van der Waals surface area contributed by atoms with E-state index in [1.165, 1.54) is 18.5 Å². The first-order chi connectivity index (χ1) is 16.3. The highest BCUT2D eigenvalue weighted by molar-refractivity contribution is 6.03. The molecule has 176 valence electrons. The minimum Gasteiger partial charge on any atom is -0.369 e. The molecule has 1 fully saturated rings. The van der Waals surface area contributed by atoms with Gasteiger partial charge in [-0.3, -0.25) is 9.78 Å². The molecule has 1 aliphatic carbocycles. The van der Waals surface area contributed by atoms with Gasteiger partial charge in [0.15, 0.2) is 5.82 Å². The fourth-order valence-electron chi connectivity index (χ4n) is 3.79. The van der Waals surface area contributed by atoms with E-state index in [1.54, 1.807) is 36.5 Å². The Morgan fingerprint density at radius 2 is 2.06 bits per heavy atom. The normalized spacial score (nSPS) is 16.7. The van der Waals surface area contributed by atoms with Crippen LogP contribution in [0.25, 0.3) is 11.4 Å². The Balaban J connectivity index is 1.33. The Morgan fingerprint density at radius 3 is 2.82 bits per heavy atom. The second kappa shape index (κ2) is 8.47. The zero-order valence-electron chi connectivity index (χ0n) is 18.3. The summed E-state index contributed by atoms with van der Waals surface area (Å²) in [5.74, 6) is 0.232. The van der Waals surface area contributed by atoms with Gasteiger partial charge in [-0.05, 0) is 44.0 Å². The highest BCUT2D eigenvalue weighted by Crippen LogP contribution is 2.37. The molecule has 1 atom stereocenters. The Labute approximate surface area is 193 Å². The maximum atomic E-state index is 13.2. The number of allylic oxidation sites excluding steroid dienone is 1. The smallest absolute Gasteiger partial charge is 0.369 e. The molecule has 1 saturated carbocycles. The van der Waals surface area contributed by atoms with Gasteiger partial charge in [-0.25, -0.2) is 0 Å². The quantitative estimate of drug-likeness (QED) is 0.559. The molecule has 2 aliphatic rings. The van der Waals surface area contributed by atoms with Gasteiger partial charge in [0, 0.05) is 40.9 Å². The molecule has 0 unspecified atom stereocenters. The predicted octanol–water partition coefficient (Wildman–Crippen LogP) is 4.33. The molecule has 1 aliphatic heterocycles. The molecule has 8 nitrogen and oxygen atoms in total. The number of carbonyl (C=O) groups is 1. The highest BCUT2D eigenvalue weighted by Gasteiger charge is 2.38. The summed E-state index contributed by atoms with van der Waals surface area (Å²) >= 11 is 0. The maximum Gasteiger partial charge on any atom is 0.408 e. The van der Waals surface area contributed by atoms with E-state index in [1.807, 2.05) is 11.0 Å². The molecule has 0 radical (unpaired) electrons. The summed E-state index contributed by atoms with van der Waals surface area (Å²) in [6, 6.07) is 8.19. The zero-order valence-corrected chi connectivity index (χ0v) is 18.3. The summed E-state index contributed by atoms with van der Waals surface area (Å²) in [5.41, 5.74) is 3.08. The topological polar surface area (TPSA) is 88.0 Å². The van der Waals surface area contributed by atoms with Crippen LogP contribution in [0.2, 0.25) is 0 Å². The number of aromatic nitrogens is 4. The van der Waals surface area contributed by atoms with Gasteiger partial charge in [0.05, 0.1) is 6.67 Å². The summed E-state index contributed by atoms with van der Waals surface area (Å²) in [4.78, 5) is 19.1. The number of amides is 1. The third-order valence-electron chi connectivity index (χ3n) is 5.92. The van der Waals surface area contributed by atoms with E-state index in [0.717, 1.165) is 23.5 Å². The maximum absolute atomic E-state index is 13.2. The number of pyridine rings is 1. The van der Waals surface area contributed by atoms with Gasteiger partial charge in [0.2, 0.25) is 0 Å². The average Bonchev–Trinajstić information content (AvgIpc) is 3.34. The van der Waals surface area contributed by atoms with Gasteiger partial charge < -0.3 is 20.1 Å². The number of nitrogens with one attached hydrogen (secondary N) is 2. The molecule has 1 aromatic carbocycles. The Morgan fingerprint density at radius 1 is 1.24 bits per heavy atom. The van der Waals surface area contributed by atoms with Crippen molar-refractivity contribution in [1.29, 1.82) is 0 Å². The number of nitrogens with zero attached hydrogens (tertiary/aromatic N) is 5. The number of anilines is 2. The lowest BCUT2D eigenvalue weighted by molar-refractivity contribution is -0.162. The molecule has 3 heterocycles. The molecule has 3 aromatic rings. The lowest BCUT2D eigenvalue weighted by atomic mass is 10.1. The molecular formula is C23H22F3N7O. The van der Waals surface area contributed by atoms with Crippen LogP contribution in [0.1, 0.15) is 36.3 Å². The van der Waals surface area contributed by atoms with Crippen molar-refractivity contribution in [3.05, 3.63) is 66.5 Å². The Hall–Kier alpha value is -3.89. The van der Waals surface area contributed by atoms with Crippen LogP contribution in [0.3, 0.4) is 0 Å². The van der Waals surface area contributed by atoms with Crippen molar-refractivity contribution in [2.45, 2.75) is 32.0 Å². The average molecular weight is 469 g/mol. The second-order valence-corrected chi connectivity index (χ2v) is 8.38. The lowest BCUT2D eigenvalue weighted by Gasteiger charge is -2.18. The van der Waals surface area contributed by atoms with Crippen molar-refractivity contribution in [3.8, 4) is 11.4 Å². The lowest BCUT2D eigenvalue weighted by Crippen LogP contribution is -2.24. The van der Waals surface area contributed by atoms with Gasteiger partial charge in [0.25, 0.3) is 5.91 Å². The van der Waals surface area contributed by atoms with Crippen LogP contribution in [-0.2, 0) is 0 Å². The molecule has 1 amide bonds. The molecule has 34 heavy (non-hydrogen) atoms. The minimum atomic E-state index is -4.45. The number of hydrogen-bond donors (Lipinski definition) is 2. The van der Waals surface area contributed by atoms with Crippen LogP contribution in [0, 0.1) is 5.92 Å². The molecule has 0 spiro atoms. The van der Waals surface area contributed by atoms with Crippen LogP contribution < -0.4 is 15.5 Å². The predicted molar refractivity (Wildman–Crippen MR) is 120 cm³/mol. The van der Waals surface area contributed by atoms with Gasteiger partial charge in [-0.2, -0.15) is 13.2 Å². The molecule has 0 bridgehead atoms. The zero-order chi connectivity index (χ0) is 23.9. The molecule has 0 saturated heterocycles. The number of alkyl halides is 3. The van der Waals surface area contributed by atoms with Crippen LogP contribution in [0.5, 0.6) is 0 Å². The minimum absolute atomic E-state index is 0.0563. The third-order valence-corrected chi connectivity index (χ3v) is 5.92. The van der Waals surface area contributed by atoms with Gasteiger partial charge in [0.1, 0.15) is 18.1 Å². The van der Waals surface area contributed by atoms with Gasteiger partial charge in [-0.1, -0.05) is 12.1 Å². The van der Waals surface area contributed by atoms with E-state index < -0.39 is 18.1 Å². The molecule has 2 N–H and O–H groups in total. The Kier molecular flexibility index (Phi) is 5.46. The van der Waals surface area contributed by atoms with Crippen LogP contribution in [-0.4, -0.2) is 38.5 Å². The van der Waals surface area contributed by atoms with Gasteiger partial charge >= 0.3 is 6.18 Å². The van der Waals surface area contributed by atoms with E-state index in [9.17, 15) is 18.0 Å². The Bertz CT molecular complexity index is 1250. The summed E-state index contributed by atoms with van der Waals surface area (Å²) < 4.78 is 40.6. The number of carbonyl (C=O) groups excluding carboxylic acids is 1. The van der Waals surface area contributed by atoms with Crippen LogP contribution in [0.15, 0.2) is 60.8 Å². The molecule has 5 rings (SSSR count). The van der Waals surface area contributed by atoms with E-state index in [0.29, 0.717) is 23.8 Å². The SMILES string of the molecule is C[C@H](n1cnnc1-c1cccc(NC(=O)c2cc(N3C=C(C4CC4)NC3)ccn2)c1)C(F)(F)F. The van der Waals surface area contributed by atoms with E-state index in [4.69, 9.17) is 0 Å². The first kappa shape index (κ1) is 21.9. The van der Waals surface area contributed by atoms with E-state index >= 15 is 0 Å². The highest BCUT2D eigenvalue weighted by atomic mass is 19.4. The van der Waals surface area contributed by atoms with Crippen molar-refractivity contribution < 1.29 is 18.0 Å².